The summed E-state index contributed by atoms with van der Waals surface area (Å²) in [6.45, 7) is 5.42. The van der Waals surface area contributed by atoms with Crippen LogP contribution in [0, 0.1) is 5.92 Å². The maximum atomic E-state index is 13.5. The predicted molar refractivity (Wildman–Crippen MR) is 230 cm³/mol. The maximum Gasteiger partial charge on any atom is 0.416 e. The second-order valence-electron chi connectivity index (χ2n) is 17.0. The van der Waals surface area contributed by atoms with E-state index in [0.29, 0.717) is 50.7 Å². The van der Waals surface area contributed by atoms with Gasteiger partial charge in [0, 0.05) is 31.2 Å². The predicted octanol–water partition coefficient (Wildman–Crippen LogP) is 6.55. The third kappa shape index (κ3) is 11.1. The van der Waals surface area contributed by atoms with Crippen molar-refractivity contribution < 1.29 is 56.1 Å². The van der Waals surface area contributed by atoms with Gasteiger partial charge in [-0.15, -0.1) is 0 Å². The number of fused-ring (bicyclic) bond motifs is 2. The highest BCUT2D eigenvalue weighted by Crippen LogP contribution is 2.38. The summed E-state index contributed by atoms with van der Waals surface area (Å²) in [6.07, 6.45) is 2.54. The molecule has 4 aliphatic rings. The number of amides is 5. The normalized spacial score (nSPS) is 20.6. The zero-order valence-electron chi connectivity index (χ0n) is 36.0. The van der Waals surface area contributed by atoms with Crippen molar-refractivity contribution in [1.29, 1.82) is 0 Å². The topological polar surface area (TPSA) is 171 Å². The van der Waals surface area contributed by atoms with Crippen LogP contribution in [0.1, 0.15) is 106 Å². The van der Waals surface area contributed by atoms with Gasteiger partial charge >= 0.3 is 6.18 Å². The van der Waals surface area contributed by atoms with Crippen LogP contribution >= 0.6 is 0 Å². The van der Waals surface area contributed by atoms with Gasteiger partial charge in [0.15, 0.2) is 0 Å². The number of hydrogen-bond acceptors (Lipinski definition) is 11. The van der Waals surface area contributed by atoms with E-state index in [2.05, 4.69) is 27.7 Å². The van der Waals surface area contributed by atoms with E-state index >= 15 is 0 Å². The van der Waals surface area contributed by atoms with E-state index in [9.17, 15) is 37.1 Å². The molecule has 1 aliphatic carbocycles. The van der Waals surface area contributed by atoms with E-state index in [1.54, 1.807) is 6.07 Å². The highest BCUT2D eigenvalue weighted by molar-refractivity contribution is 6.23. The summed E-state index contributed by atoms with van der Waals surface area (Å²) in [5.41, 5.74) is 2.06. The molecule has 2 N–H and O–H groups in total. The Labute approximate surface area is 373 Å². The largest absolute Gasteiger partial charge is 0.491 e. The van der Waals surface area contributed by atoms with E-state index in [4.69, 9.17) is 23.9 Å². The first-order valence-electron chi connectivity index (χ1n) is 22.4. The van der Waals surface area contributed by atoms with Crippen molar-refractivity contribution in [2.75, 3.05) is 64.7 Å². The van der Waals surface area contributed by atoms with Gasteiger partial charge in [0.1, 0.15) is 18.4 Å². The molecule has 2 saturated heterocycles. The Balaban J connectivity index is 0.751. The van der Waals surface area contributed by atoms with Gasteiger partial charge in [0.2, 0.25) is 17.8 Å². The summed E-state index contributed by atoms with van der Waals surface area (Å²) in [6, 6.07) is 14.1. The molecule has 18 heteroatoms. The fourth-order valence-corrected chi connectivity index (χ4v) is 9.10. The number of nitrogens with zero attached hydrogens (tertiary/aromatic N) is 4. The second kappa shape index (κ2) is 20.6. The Morgan fingerprint density at radius 3 is 2.25 bits per heavy atom. The Morgan fingerprint density at radius 2 is 1.51 bits per heavy atom. The number of halogens is 3. The van der Waals surface area contributed by atoms with Crippen LogP contribution < -0.4 is 15.4 Å². The second-order valence-corrected chi connectivity index (χ2v) is 17.0. The van der Waals surface area contributed by atoms with Crippen molar-refractivity contribution in [3.63, 3.8) is 0 Å². The number of ether oxygens (including phenoxy) is 4. The number of alkyl halides is 3. The molecule has 5 amide bonds. The fourth-order valence-electron chi connectivity index (χ4n) is 9.10. The van der Waals surface area contributed by atoms with Crippen LogP contribution in [0.4, 0.5) is 19.1 Å². The molecule has 3 fully saturated rings. The van der Waals surface area contributed by atoms with Gasteiger partial charge in [-0.25, -0.2) is 4.98 Å². The minimum absolute atomic E-state index is 0.0239. The molecule has 1 unspecified atom stereocenters. The number of piperidine rings is 2. The molecule has 0 bridgehead atoms. The highest BCUT2D eigenvalue weighted by Gasteiger charge is 2.45. The number of anilines is 1. The zero-order chi connectivity index (χ0) is 45.5. The number of imide groups is 2. The molecule has 1 aromatic heterocycles. The Hall–Kier alpha value is -5.69. The lowest BCUT2D eigenvalue weighted by Gasteiger charge is -2.30. The van der Waals surface area contributed by atoms with Gasteiger partial charge in [-0.05, 0) is 118 Å². The Kier molecular flexibility index (Phi) is 14.6. The monoisotopic (exact) mass is 902 g/mol. The lowest BCUT2D eigenvalue weighted by molar-refractivity contribution is -0.138. The molecular formula is C47H53F3N6O9. The zero-order valence-corrected chi connectivity index (χ0v) is 36.0. The molecule has 3 aromatic carbocycles. The summed E-state index contributed by atoms with van der Waals surface area (Å²) in [4.78, 5) is 71.4. The quantitative estimate of drug-likeness (QED) is 0.0820. The lowest BCUT2D eigenvalue weighted by atomic mass is 9.86. The summed E-state index contributed by atoms with van der Waals surface area (Å²) < 4.78 is 65.4. The molecular weight excluding hydrogens is 850 g/mol. The minimum Gasteiger partial charge on any atom is -0.491 e. The summed E-state index contributed by atoms with van der Waals surface area (Å²) in [5.74, 6) is -1.91. The molecule has 8 rings (SSSR count). The molecule has 4 heterocycles. The van der Waals surface area contributed by atoms with Gasteiger partial charge in [-0.2, -0.15) is 13.2 Å². The van der Waals surface area contributed by atoms with E-state index in [0.717, 1.165) is 78.9 Å². The lowest BCUT2D eigenvalue weighted by Crippen LogP contribution is -2.54. The third-order valence-electron chi connectivity index (χ3n) is 12.5. The molecule has 15 nitrogen and oxygen atoms in total. The van der Waals surface area contributed by atoms with Crippen LogP contribution in [0.3, 0.4) is 0 Å². The van der Waals surface area contributed by atoms with Crippen LogP contribution in [-0.4, -0.2) is 114 Å². The maximum absolute atomic E-state index is 13.5. The Morgan fingerprint density at radius 1 is 0.785 bits per heavy atom. The average Bonchev–Trinajstić information content (AvgIpc) is 3.77. The van der Waals surface area contributed by atoms with Crippen LogP contribution in [0.5, 0.6) is 5.75 Å². The van der Waals surface area contributed by atoms with Crippen LogP contribution in [-0.2, 0) is 36.5 Å². The van der Waals surface area contributed by atoms with Crippen molar-refractivity contribution in [2.45, 2.75) is 82.6 Å². The summed E-state index contributed by atoms with van der Waals surface area (Å²) >= 11 is 0. The first kappa shape index (κ1) is 45.9. The highest BCUT2D eigenvalue weighted by atomic mass is 19.4. The first-order valence-corrected chi connectivity index (χ1v) is 22.4. The summed E-state index contributed by atoms with van der Waals surface area (Å²) in [7, 11) is 0. The number of likely N-dealkylation sites (tertiary alicyclic amines) is 1. The molecule has 0 radical (unpaired) electrons. The van der Waals surface area contributed by atoms with Crippen molar-refractivity contribution in [3.8, 4) is 5.75 Å². The van der Waals surface area contributed by atoms with Gasteiger partial charge < -0.3 is 23.5 Å². The number of rotatable bonds is 18. The number of hydrogen-bond donors (Lipinski definition) is 2. The van der Waals surface area contributed by atoms with Crippen molar-refractivity contribution in [2.24, 2.45) is 5.92 Å². The standard InChI is InChI=1S/C47H53F3N6O9/c48-47(49,50)33-6-4-5-32(26-33)42(58)53-46-51-38-25-31(28-54-17-2-1-3-18-54)9-14-39(38)55(46)34-10-7-30(8-11-34)29-64-22-21-62-19-20-63-23-24-65-35-12-13-36-37(27-35)45(61)56(44(36)60)40-15-16-41(57)52-43(40)59/h4-6,9,12-14,25-27,30,34,40H,1-3,7-8,10-11,15-24,28-29H2,(H,51,53,58)(H,52,57,59). The van der Waals surface area contributed by atoms with E-state index in [1.807, 2.05) is 10.6 Å². The average molecular weight is 903 g/mol. The Bertz CT molecular complexity index is 2390. The van der Waals surface area contributed by atoms with E-state index in [-0.39, 0.29) is 48.8 Å². The number of imidazole rings is 1. The van der Waals surface area contributed by atoms with E-state index in [1.165, 1.54) is 43.5 Å². The van der Waals surface area contributed by atoms with Gasteiger partial charge in [0.25, 0.3) is 17.7 Å². The minimum atomic E-state index is -4.57. The number of benzene rings is 3. The molecule has 1 atom stereocenters. The number of carbonyl (C=O) groups is 5. The molecule has 3 aliphatic heterocycles. The molecule has 1 saturated carbocycles. The first-order chi connectivity index (χ1) is 31.4. The third-order valence-corrected chi connectivity index (χ3v) is 12.5. The van der Waals surface area contributed by atoms with Crippen LogP contribution in [0.25, 0.3) is 11.0 Å². The van der Waals surface area contributed by atoms with Crippen molar-refractivity contribution >= 4 is 46.5 Å². The SMILES string of the molecule is O=C1CCC(N2C(=O)c3ccc(OCCOCCOCCOCC4CCC(n5c(NC(=O)c6cccc(C(F)(F)F)c6)nc6cc(CN7CCCCC7)ccc65)CC4)cc3C2=O)C(=O)N1. The molecule has 346 valence electrons. The fraction of sp³-hybridized carbons (Fsp3) is 0.489. The van der Waals surface area contributed by atoms with Gasteiger partial charge in [0.05, 0.1) is 60.8 Å². The number of aromatic nitrogens is 2. The molecule has 4 aromatic rings. The van der Waals surface area contributed by atoms with Crippen molar-refractivity contribution in [3.05, 3.63) is 88.5 Å². The van der Waals surface area contributed by atoms with Crippen LogP contribution in [0.2, 0.25) is 0 Å². The van der Waals surface area contributed by atoms with Gasteiger partial charge in [-0.3, -0.25) is 44.4 Å². The summed E-state index contributed by atoms with van der Waals surface area (Å²) in [5, 5.41) is 5.03. The van der Waals surface area contributed by atoms with Gasteiger partial charge in [-0.1, -0.05) is 18.6 Å². The van der Waals surface area contributed by atoms with Crippen LogP contribution in [0.15, 0.2) is 60.7 Å². The molecule has 0 spiro atoms. The number of nitrogens with one attached hydrogen (secondary N) is 2. The smallest absolute Gasteiger partial charge is 0.416 e. The van der Waals surface area contributed by atoms with E-state index < -0.39 is 47.3 Å². The number of carbonyl (C=O) groups excluding carboxylic acids is 5. The van der Waals surface area contributed by atoms with Crippen molar-refractivity contribution in [1.82, 2.24) is 24.7 Å². The molecule has 65 heavy (non-hydrogen) atoms.